The molecule has 8 aromatic carbocycles. The van der Waals surface area contributed by atoms with Gasteiger partial charge in [-0.3, -0.25) is 5.41 Å². The molecule has 0 spiro atoms. The first-order valence-corrected chi connectivity index (χ1v) is 17.1. The van der Waals surface area contributed by atoms with Crippen molar-refractivity contribution in [1.82, 2.24) is 4.57 Å². The third kappa shape index (κ3) is 5.59. The molecule has 0 saturated heterocycles. The summed E-state index contributed by atoms with van der Waals surface area (Å²) in [6, 6.07) is 62.9. The minimum absolute atomic E-state index is 0.166. The van der Waals surface area contributed by atoms with Gasteiger partial charge in [0.15, 0.2) is 11.7 Å². The second-order valence-corrected chi connectivity index (χ2v) is 12.6. The molecule has 0 fully saturated rings. The second kappa shape index (κ2) is 12.8. The summed E-state index contributed by atoms with van der Waals surface area (Å²) in [5.41, 5.74) is 8.20. The van der Waals surface area contributed by atoms with Crippen molar-refractivity contribution in [2.75, 3.05) is 0 Å². The molecule has 9 aromatic rings. The molecule has 4 nitrogen and oxygen atoms in total. The number of aliphatic imine (C=N–C) groups is 2. The van der Waals surface area contributed by atoms with E-state index < -0.39 is 0 Å². The SMILES string of the molecule is N=C(N=C(N=Cc1cc2ccccc2cc1-c1ccc(-n2c3ccccc3c3c4ccccc4ccc32)cc1)c1ccccc1)c1ccccc1. The number of para-hydroxylation sites is 1. The number of amidine groups is 2. The summed E-state index contributed by atoms with van der Waals surface area (Å²) in [6.45, 7) is 0. The normalized spacial score (nSPS) is 12.0. The molecule has 1 aromatic heterocycles. The Bertz CT molecular complexity index is 2790. The van der Waals surface area contributed by atoms with Crippen molar-refractivity contribution in [2.45, 2.75) is 0 Å². The van der Waals surface area contributed by atoms with E-state index in [0.717, 1.165) is 44.3 Å². The van der Waals surface area contributed by atoms with Crippen molar-refractivity contribution in [3.63, 3.8) is 0 Å². The van der Waals surface area contributed by atoms with E-state index in [9.17, 15) is 0 Å². The van der Waals surface area contributed by atoms with Crippen LogP contribution in [0.3, 0.4) is 0 Å². The summed E-state index contributed by atoms with van der Waals surface area (Å²) in [6.07, 6.45) is 1.89. The first-order valence-electron chi connectivity index (χ1n) is 17.1. The third-order valence-corrected chi connectivity index (χ3v) is 9.54. The zero-order valence-electron chi connectivity index (χ0n) is 27.7. The monoisotopic (exact) mass is 652 g/mol. The van der Waals surface area contributed by atoms with Gasteiger partial charge in [0, 0.05) is 39.4 Å². The summed E-state index contributed by atoms with van der Waals surface area (Å²) in [4.78, 5) is 9.66. The molecule has 1 N–H and O–H groups in total. The molecule has 0 aliphatic heterocycles. The van der Waals surface area contributed by atoms with Crippen LogP contribution in [0.5, 0.6) is 0 Å². The van der Waals surface area contributed by atoms with E-state index in [0.29, 0.717) is 5.84 Å². The average Bonchev–Trinajstić information content (AvgIpc) is 3.54. The van der Waals surface area contributed by atoms with Crippen molar-refractivity contribution in [2.24, 2.45) is 9.98 Å². The summed E-state index contributed by atoms with van der Waals surface area (Å²) in [5.74, 6) is 0.650. The Balaban J connectivity index is 1.16. The number of aromatic nitrogens is 1. The molecule has 0 saturated carbocycles. The van der Waals surface area contributed by atoms with Crippen molar-refractivity contribution in [3.8, 4) is 16.8 Å². The van der Waals surface area contributed by atoms with Gasteiger partial charge in [-0.25, -0.2) is 9.98 Å². The lowest BCUT2D eigenvalue weighted by Gasteiger charge is -2.12. The summed E-state index contributed by atoms with van der Waals surface area (Å²) in [7, 11) is 0. The lowest BCUT2D eigenvalue weighted by atomic mass is 9.96. The van der Waals surface area contributed by atoms with E-state index in [1.807, 2.05) is 66.9 Å². The Morgan fingerprint density at radius 3 is 1.86 bits per heavy atom. The van der Waals surface area contributed by atoms with Gasteiger partial charge in [-0.2, -0.15) is 0 Å². The van der Waals surface area contributed by atoms with E-state index in [1.54, 1.807) is 0 Å². The van der Waals surface area contributed by atoms with E-state index >= 15 is 0 Å². The Morgan fingerprint density at radius 1 is 0.510 bits per heavy atom. The molecular weight excluding hydrogens is 621 g/mol. The Morgan fingerprint density at radius 2 is 1.12 bits per heavy atom. The van der Waals surface area contributed by atoms with E-state index in [4.69, 9.17) is 15.4 Å². The Labute approximate surface area is 295 Å². The minimum Gasteiger partial charge on any atom is -0.309 e. The summed E-state index contributed by atoms with van der Waals surface area (Å²) in [5, 5.41) is 16.1. The maximum atomic E-state index is 8.73. The van der Waals surface area contributed by atoms with Gasteiger partial charge in [0.05, 0.1) is 11.0 Å². The van der Waals surface area contributed by atoms with Crippen LogP contribution in [0.1, 0.15) is 16.7 Å². The smallest absolute Gasteiger partial charge is 0.161 e. The Hall–Kier alpha value is -6.91. The lowest BCUT2D eigenvalue weighted by molar-refractivity contribution is 1.18. The van der Waals surface area contributed by atoms with Crippen LogP contribution in [-0.2, 0) is 0 Å². The maximum Gasteiger partial charge on any atom is 0.161 e. The maximum absolute atomic E-state index is 8.73. The van der Waals surface area contributed by atoms with Crippen LogP contribution < -0.4 is 0 Å². The van der Waals surface area contributed by atoms with Crippen LogP contribution >= 0.6 is 0 Å². The minimum atomic E-state index is 0.166. The predicted molar refractivity (Wildman–Crippen MR) is 215 cm³/mol. The fourth-order valence-corrected chi connectivity index (χ4v) is 7.07. The fraction of sp³-hybridized carbons (Fsp3) is 0. The van der Waals surface area contributed by atoms with Gasteiger partial charge in [-0.05, 0) is 69.1 Å². The number of hydrogen-bond acceptors (Lipinski definition) is 1. The fourth-order valence-electron chi connectivity index (χ4n) is 7.07. The third-order valence-electron chi connectivity index (χ3n) is 9.54. The molecule has 240 valence electrons. The van der Waals surface area contributed by atoms with Crippen LogP contribution in [0.2, 0.25) is 0 Å². The van der Waals surface area contributed by atoms with Crippen molar-refractivity contribution < 1.29 is 0 Å². The number of nitrogens with zero attached hydrogens (tertiary/aromatic N) is 3. The number of nitrogens with one attached hydrogen (secondary N) is 1. The van der Waals surface area contributed by atoms with Gasteiger partial charge < -0.3 is 4.57 Å². The first kappa shape index (κ1) is 30.2. The lowest BCUT2D eigenvalue weighted by Crippen LogP contribution is -2.04. The number of fused-ring (bicyclic) bond motifs is 6. The Kier molecular flexibility index (Phi) is 7.60. The highest BCUT2D eigenvalue weighted by Gasteiger charge is 2.15. The van der Waals surface area contributed by atoms with Gasteiger partial charge in [0.1, 0.15) is 0 Å². The quantitative estimate of drug-likeness (QED) is 0.142. The molecule has 51 heavy (non-hydrogen) atoms. The predicted octanol–water partition coefficient (Wildman–Crippen LogP) is 11.6. The van der Waals surface area contributed by atoms with Crippen LogP contribution in [-0.4, -0.2) is 22.5 Å². The van der Waals surface area contributed by atoms with Gasteiger partial charge in [-0.1, -0.05) is 146 Å². The number of benzene rings is 8. The molecule has 0 aliphatic carbocycles. The van der Waals surface area contributed by atoms with Gasteiger partial charge >= 0.3 is 0 Å². The molecular formula is C47H32N4. The van der Waals surface area contributed by atoms with Crippen molar-refractivity contribution in [3.05, 3.63) is 199 Å². The largest absolute Gasteiger partial charge is 0.309 e. The zero-order chi connectivity index (χ0) is 34.1. The van der Waals surface area contributed by atoms with Gasteiger partial charge in [0.25, 0.3) is 0 Å². The average molecular weight is 653 g/mol. The van der Waals surface area contributed by atoms with Crippen LogP contribution in [0, 0.1) is 5.41 Å². The standard InChI is InChI=1S/C47H32N4/c48-46(34-14-3-1-4-15-34)50-47(35-16-5-2-6-17-35)49-31-38-29-36-18-7-8-19-37(36)30-42(38)33-23-26-39(27-24-33)51-43-22-12-11-21-41(43)45-40-20-10-9-13-32(40)25-28-44(45)51/h1-31,48H. The molecule has 9 rings (SSSR count). The topological polar surface area (TPSA) is 53.5 Å². The molecule has 0 unspecified atom stereocenters. The van der Waals surface area contributed by atoms with Gasteiger partial charge in [-0.15, -0.1) is 0 Å². The van der Waals surface area contributed by atoms with E-state index in [2.05, 4.69) is 126 Å². The molecule has 0 amide bonds. The van der Waals surface area contributed by atoms with E-state index in [1.165, 1.54) is 32.6 Å². The first-order chi connectivity index (χ1) is 25.2. The highest BCUT2D eigenvalue weighted by Crippen LogP contribution is 2.37. The van der Waals surface area contributed by atoms with Crippen LogP contribution in [0.15, 0.2) is 192 Å². The van der Waals surface area contributed by atoms with Crippen molar-refractivity contribution in [1.29, 1.82) is 5.41 Å². The van der Waals surface area contributed by atoms with Crippen molar-refractivity contribution >= 4 is 61.2 Å². The molecule has 0 aliphatic rings. The second-order valence-electron chi connectivity index (χ2n) is 12.6. The number of rotatable bonds is 5. The molecule has 0 radical (unpaired) electrons. The van der Waals surface area contributed by atoms with Crippen LogP contribution in [0.4, 0.5) is 0 Å². The zero-order valence-corrected chi connectivity index (χ0v) is 27.7. The highest BCUT2D eigenvalue weighted by atomic mass is 15.0. The molecule has 1 heterocycles. The highest BCUT2D eigenvalue weighted by molar-refractivity contribution is 6.21. The molecule has 4 heteroatoms. The number of hydrogen-bond donors (Lipinski definition) is 1. The molecule has 0 bridgehead atoms. The summed E-state index contributed by atoms with van der Waals surface area (Å²) >= 11 is 0. The van der Waals surface area contributed by atoms with Crippen LogP contribution in [0.25, 0.3) is 60.2 Å². The summed E-state index contributed by atoms with van der Waals surface area (Å²) < 4.78 is 2.37. The molecule has 0 atom stereocenters. The van der Waals surface area contributed by atoms with Gasteiger partial charge in [0.2, 0.25) is 0 Å². The van der Waals surface area contributed by atoms with E-state index in [-0.39, 0.29) is 5.84 Å².